The zero-order valence-corrected chi connectivity index (χ0v) is 17.5. The summed E-state index contributed by atoms with van der Waals surface area (Å²) in [6, 6.07) is 14.4. The molecule has 3 rings (SSSR count). The number of nitrogens with one attached hydrogen (secondary N) is 2. The van der Waals surface area contributed by atoms with E-state index in [1.165, 1.54) is 5.56 Å². The van der Waals surface area contributed by atoms with Gasteiger partial charge in [0.15, 0.2) is 0 Å². The van der Waals surface area contributed by atoms with Gasteiger partial charge in [-0.05, 0) is 48.6 Å². The Morgan fingerprint density at radius 1 is 1.34 bits per heavy atom. The number of aryl methyl sites for hydroxylation is 1. The van der Waals surface area contributed by atoms with E-state index in [1.54, 1.807) is 0 Å². The average Bonchev–Trinajstić information content (AvgIpc) is 2.74. The van der Waals surface area contributed by atoms with Gasteiger partial charge < -0.3 is 20.5 Å². The minimum atomic E-state index is -1.04. The van der Waals surface area contributed by atoms with Crippen LogP contribution in [-0.4, -0.2) is 37.4 Å². The lowest BCUT2D eigenvalue weighted by atomic mass is 9.85. The number of hydrogen-bond donors (Lipinski definition) is 3. The fourth-order valence-corrected chi connectivity index (χ4v) is 4.28. The molecule has 1 saturated heterocycles. The third-order valence-electron chi connectivity index (χ3n) is 5.42. The summed E-state index contributed by atoms with van der Waals surface area (Å²) in [6.45, 7) is 4.60. The van der Waals surface area contributed by atoms with E-state index in [0.29, 0.717) is 17.5 Å². The van der Waals surface area contributed by atoms with Crippen LogP contribution in [0.1, 0.15) is 37.0 Å². The van der Waals surface area contributed by atoms with Crippen molar-refractivity contribution in [2.75, 3.05) is 26.2 Å². The van der Waals surface area contributed by atoms with E-state index in [4.69, 9.17) is 21.4 Å². The third kappa shape index (κ3) is 5.72. The molecule has 1 unspecified atom stereocenters. The highest BCUT2D eigenvalue weighted by molar-refractivity contribution is 6.33. The molecule has 1 aliphatic rings. The number of halogens is 1. The molecule has 0 aliphatic carbocycles. The molecular formula is C23H29ClN2O3. The van der Waals surface area contributed by atoms with Gasteiger partial charge in [-0.1, -0.05) is 54.9 Å². The highest BCUT2D eigenvalue weighted by Crippen LogP contribution is 2.40. The van der Waals surface area contributed by atoms with Crippen LogP contribution in [0.3, 0.4) is 0 Å². The topological polar surface area (TPSA) is 70.6 Å². The first-order chi connectivity index (χ1) is 14.1. The lowest BCUT2D eigenvalue weighted by Crippen LogP contribution is -2.35. The fourth-order valence-electron chi connectivity index (χ4n) is 3.99. The van der Waals surface area contributed by atoms with Crippen molar-refractivity contribution < 1.29 is 14.6 Å². The maximum absolute atomic E-state index is 10.8. The molecule has 1 amide bonds. The molecule has 0 saturated carbocycles. The lowest BCUT2D eigenvalue weighted by molar-refractivity contribution is 0.00529. The number of rotatable bonds is 8. The van der Waals surface area contributed by atoms with E-state index in [2.05, 4.69) is 47.9 Å². The van der Waals surface area contributed by atoms with E-state index in [0.717, 1.165) is 49.0 Å². The first-order valence-corrected chi connectivity index (χ1v) is 10.6. The quantitative estimate of drug-likeness (QED) is 0.535. The van der Waals surface area contributed by atoms with Gasteiger partial charge in [0.25, 0.3) is 0 Å². The van der Waals surface area contributed by atoms with E-state index in [1.807, 2.05) is 12.1 Å². The average molecular weight is 417 g/mol. The van der Waals surface area contributed by atoms with Gasteiger partial charge in [-0.2, -0.15) is 0 Å². The molecule has 0 spiro atoms. The second-order valence-corrected chi connectivity index (χ2v) is 7.79. The second kappa shape index (κ2) is 10.6. The summed E-state index contributed by atoms with van der Waals surface area (Å²) in [4.78, 5) is 10.8. The Kier molecular flexibility index (Phi) is 7.92. The van der Waals surface area contributed by atoms with Crippen LogP contribution in [0.4, 0.5) is 4.79 Å². The number of hydrogen-bond acceptors (Lipinski definition) is 3. The number of piperidine rings is 1. The molecule has 0 radical (unpaired) electrons. The Bertz CT molecular complexity index is 822. The molecule has 6 heteroatoms. The normalized spacial score (nSPS) is 17.7. The fraction of sp³-hybridized carbons (Fsp3) is 0.435. The van der Waals surface area contributed by atoms with E-state index in [9.17, 15) is 4.79 Å². The Morgan fingerprint density at radius 3 is 2.90 bits per heavy atom. The van der Waals surface area contributed by atoms with E-state index >= 15 is 0 Å². The second-order valence-electron chi connectivity index (χ2n) is 7.39. The van der Waals surface area contributed by atoms with Crippen LogP contribution in [0.5, 0.6) is 0 Å². The molecule has 0 bridgehead atoms. The van der Waals surface area contributed by atoms with Crippen molar-refractivity contribution in [1.29, 1.82) is 0 Å². The minimum Gasteiger partial charge on any atom is -0.465 e. The van der Waals surface area contributed by atoms with Crippen molar-refractivity contribution in [2.45, 2.75) is 32.3 Å². The molecule has 5 nitrogen and oxygen atoms in total. The largest absolute Gasteiger partial charge is 0.465 e. The monoisotopic (exact) mass is 416 g/mol. The number of carboxylic acid groups (broad SMARTS) is 1. The zero-order valence-electron chi connectivity index (χ0n) is 16.8. The molecule has 3 N–H and O–H groups in total. The molecule has 29 heavy (non-hydrogen) atoms. The van der Waals surface area contributed by atoms with Crippen LogP contribution >= 0.6 is 11.6 Å². The molecule has 0 aromatic heterocycles. The van der Waals surface area contributed by atoms with E-state index < -0.39 is 6.09 Å². The molecular weight excluding hydrogens is 388 g/mol. The van der Waals surface area contributed by atoms with Crippen molar-refractivity contribution in [1.82, 2.24) is 10.6 Å². The summed E-state index contributed by atoms with van der Waals surface area (Å²) < 4.78 is 6.27. The van der Waals surface area contributed by atoms with Crippen LogP contribution in [-0.2, 0) is 11.2 Å². The van der Waals surface area contributed by atoms with Crippen molar-refractivity contribution in [2.24, 2.45) is 5.92 Å². The molecule has 2 aromatic rings. The summed E-state index contributed by atoms with van der Waals surface area (Å²) >= 11 is 6.68. The number of carbonyl (C=O) groups is 1. The van der Waals surface area contributed by atoms with Crippen LogP contribution in [0.25, 0.3) is 11.1 Å². The van der Waals surface area contributed by atoms with Crippen molar-refractivity contribution in [3.8, 4) is 11.1 Å². The van der Waals surface area contributed by atoms with Crippen LogP contribution < -0.4 is 10.6 Å². The van der Waals surface area contributed by atoms with Crippen LogP contribution in [0.2, 0.25) is 5.02 Å². The molecule has 2 aromatic carbocycles. The predicted molar refractivity (Wildman–Crippen MR) is 117 cm³/mol. The highest BCUT2D eigenvalue weighted by atomic mass is 35.5. The van der Waals surface area contributed by atoms with Gasteiger partial charge in [0.2, 0.25) is 0 Å². The zero-order chi connectivity index (χ0) is 20.6. The maximum Gasteiger partial charge on any atom is 0.404 e. The van der Waals surface area contributed by atoms with Gasteiger partial charge in [-0.25, -0.2) is 4.79 Å². The van der Waals surface area contributed by atoms with Crippen molar-refractivity contribution in [3.05, 3.63) is 58.6 Å². The SMILES string of the molecule is CCc1cccc(-c2c(Cl)cccc2C(OCCNC(=O)O)[C@@H]2CCCNC2)c1. The van der Waals surface area contributed by atoms with E-state index in [-0.39, 0.29) is 12.6 Å². The van der Waals surface area contributed by atoms with Gasteiger partial charge >= 0.3 is 6.09 Å². The summed E-state index contributed by atoms with van der Waals surface area (Å²) in [5, 5.41) is 15.4. The van der Waals surface area contributed by atoms with Crippen molar-refractivity contribution >= 4 is 17.7 Å². The summed E-state index contributed by atoms with van der Waals surface area (Å²) in [7, 11) is 0. The molecule has 156 valence electrons. The minimum absolute atomic E-state index is 0.155. The van der Waals surface area contributed by atoms with Gasteiger partial charge in [0, 0.05) is 29.6 Å². The number of amides is 1. The Morgan fingerprint density at radius 2 is 2.17 bits per heavy atom. The van der Waals surface area contributed by atoms with Gasteiger partial charge in [-0.3, -0.25) is 0 Å². The summed E-state index contributed by atoms with van der Waals surface area (Å²) in [5.74, 6) is 0.306. The third-order valence-corrected chi connectivity index (χ3v) is 5.73. The Labute approximate surface area is 177 Å². The van der Waals surface area contributed by atoms with Gasteiger partial charge in [-0.15, -0.1) is 0 Å². The summed E-state index contributed by atoms with van der Waals surface area (Å²) in [5.41, 5.74) is 4.42. The van der Waals surface area contributed by atoms with Gasteiger partial charge in [0.05, 0.1) is 12.7 Å². The van der Waals surface area contributed by atoms with Crippen LogP contribution in [0.15, 0.2) is 42.5 Å². The Balaban J connectivity index is 1.95. The Hall–Kier alpha value is -2.08. The van der Waals surface area contributed by atoms with Gasteiger partial charge in [0.1, 0.15) is 0 Å². The number of benzene rings is 2. The first kappa shape index (κ1) is 21.6. The first-order valence-electron chi connectivity index (χ1n) is 10.3. The predicted octanol–water partition coefficient (Wildman–Crippen LogP) is 4.89. The molecule has 2 atom stereocenters. The molecule has 1 aliphatic heterocycles. The summed E-state index contributed by atoms with van der Waals surface area (Å²) in [6.07, 6.45) is 1.92. The smallest absolute Gasteiger partial charge is 0.404 e. The molecule has 1 fully saturated rings. The maximum atomic E-state index is 10.8. The number of ether oxygens (including phenoxy) is 1. The van der Waals surface area contributed by atoms with Crippen LogP contribution in [0, 0.1) is 5.92 Å². The molecule has 1 heterocycles. The van der Waals surface area contributed by atoms with Crippen molar-refractivity contribution in [3.63, 3.8) is 0 Å². The highest BCUT2D eigenvalue weighted by Gasteiger charge is 2.28. The standard InChI is InChI=1S/C23H29ClN2O3/c1-2-16-6-3-7-17(14-16)21-19(9-4-10-20(21)24)22(18-8-5-11-25-15-18)29-13-12-26-23(27)28/h3-4,6-7,9-10,14,18,22,25-26H,2,5,8,11-13,15H2,1H3,(H,27,28)/t18-,22?/m1/s1. The lowest BCUT2D eigenvalue weighted by Gasteiger charge is -2.32.